The van der Waals surface area contributed by atoms with Gasteiger partial charge in [0.2, 0.25) is 5.91 Å². The summed E-state index contributed by atoms with van der Waals surface area (Å²) in [5.74, 6) is -0.428. The number of fused-ring (bicyclic) bond motifs is 1. The maximum atomic E-state index is 14.2. The Morgan fingerprint density at radius 3 is 2.71 bits per heavy atom. The van der Waals surface area contributed by atoms with E-state index >= 15 is 0 Å². The number of carbonyl (C=O) groups is 1. The Balaban J connectivity index is 1.86. The van der Waals surface area contributed by atoms with Crippen LogP contribution >= 0.6 is 0 Å². The first-order chi connectivity index (χ1) is 10.1. The van der Waals surface area contributed by atoms with Crippen molar-refractivity contribution in [3.8, 4) is 0 Å². The highest BCUT2D eigenvalue weighted by Gasteiger charge is 2.20. The van der Waals surface area contributed by atoms with Crippen LogP contribution in [0.4, 0.5) is 10.1 Å². The maximum Gasteiger partial charge on any atom is 0.224 e. The Hall–Kier alpha value is -2.20. The van der Waals surface area contributed by atoms with E-state index in [0.717, 1.165) is 11.1 Å². The van der Waals surface area contributed by atoms with E-state index in [-0.39, 0.29) is 11.7 Å². The molecular formula is C17H17FN2O. The van der Waals surface area contributed by atoms with Gasteiger partial charge in [0, 0.05) is 23.7 Å². The summed E-state index contributed by atoms with van der Waals surface area (Å²) >= 11 is 0. The van der Waals surface area contributed by atoms with Gasteiger partial charge in [-0.25, -0.2) is 4.39 Å². The maximum absolute atomic E-state index is 14.2. The molecule has 1 aliphatic heterocycles. The third-order valence-electron chi connectivity index (χ3n) is 3.82. The first-order valence-corrected chi connectivity index (χ1v) is 7.05. The average molecular weight is 284 g/mol. The van der Waals surface area contributed by atoms with Crippen molar-refractivity contribution in [1.29, 1.82) is 0 Å². The van der Waals surface area contributed by atoms with E-state index in [4.69, 9.17) is 5.73 Å². The molecule has 1 aliphatic rings. The van der Waals surface area contributed by atoms with Crippen molar-refractivity contribution < 1.29 is 9.18 Å². The van der Waals surface area contributed by atoms with Crippen LogP contribution in [0.1, 0.15) is 29.2 Å². The highest BCUT2D eigenvalue weighted by molar-refractivity contribution is 5.93. The van der Waals surface area contributed by atoms with Crippen molar-refractivity contribution in [3.05, 3.63) is 65.0 Å². The van der Waals surface area contributed by atoms with Gasteiger partial charge in [0.25, 0.3) is 0 Å². The van der Waals surface area contributed by atoms with Crippen molar-refractivity contribution in [2.45, 2.75) is 25.3 Å². The number of hydrogen-bond donors (Lipinski definition) is 2. The van der Waals surface area contributed by atoms with Crippen LogP contribution in [0.2, 0.25) is 0 Å². The predicted octanol–water partition coefficient (Wildman–Crippen LogP) is 2.95. The molecule has 2 aromatic carbocycles. The van der Waals surface area contributed by atoms with E-state index in [1.807, 2.05) is 30.3 Å². The molecule has 0 saturated carbocycles. The number of hydrogen-bond acceptors (Lipinski definition) is 2. The molecule has 0 aliphatic carbocycles. The molecule has 3 rings (SSSR count). The molecule has 1 amide bonds. The lowest BCUT2D eigenvalue weighted by Gasteiger charge is -2.20. The number of amides is 1. The number of rotatable bonds is 3. The zero-order chi connectivity index (χ0) is 14.8. The van der Waals surface area contributed by atoms with Gasteiger partial charge in [-0.05, 0) is 36.1 Å². The second kappa shape index (κ2) is 5.66. The molecule has 0 fully saturated rings. The molecule has 21 heavy (non-hydrogen) atoms. The van der Waals surface area contributed by atoms with Crippen molar-refractivity contribution >= 4 is 11.6 Å². The first-order valence-electron chi connectivity index (χ1n) is 7.05. The molecule has 0 saturated heterocycles. The fourth-order valence-electron chi connectivity index (χ4n) is 2.68. The Kier molecular flexibility index (Phi) is 3.71. The monoisotopic (exact) mass is 284 g/mol. The summed E-state index contributed by atoms with van der Waals surface area (Å²) in [6, 6.07) is 12.6. The quantitative estimate of drug-likeness (QED) is 0.910. The minimum Gasteiger partial charge on any atom is -0.326 e. The smallest absolute Gasteiger partial charge is 0.224 e. The fourth-order valence-corrected chi connectivity index (χ4v) is 2.68. The minimum atomic E-state index is -0.393. The van der Waals surface area contributed by atoms with Gasteiger partial charge in [0.1, 0.15) is 5.82 Å². The van der Waals surface area contributed by atoms with Gasteiger partial charge >= 0.3 is 0 Å². The van der Waals surface area contributed by atoms with Crippen LogP contribution in [0, 0.1) is 5.82 Å². The van der Waals surface area contributed by atoms with E-state index < -0.39 is 6.04 Å². The lowest BCUT2D eigenvalue weighted by atomic mass is 9.94. The molecule has 3 N–H and O–H groups in total. The molecule has 0 radical (unpaired) electrons. The topological polar surface area (TPSA) is 55.1 Å². The van der Waals surface area contributed by atoms with Gasteiger partial charge in [-0.15, -0.1) is 0 Å². The molecule has 4 heteroatoms. The summed E-state index contributed by atoms with van der Waals surface area (Å²) in [5, 5.41) is 2.70. The van der Waals surface area contributed by atoms with Gasteiger partial charge in [-0.1, -0.05) is 30.3 Å². The summed E-state index contributed by atoms with van der Waals surface area (Å²) in [5.41, 5.74) is 9.27. The zero-order valence-electron chi connectivity index (χ0n) is 11.6. The molecule has 0 aromatic heterocycles. The van der Waals surface area contributed by atoms with Gasteiger partial charge < -0.3 is 11.1 Å². The van der Waals surface area contributed by atoms with Crippen LogP contribution in [0.3, 0.4) is 0 Å². The largest absolute Gasteiger partial charge is 0.326 e. The number of carbonyl (C=O) groups excluding carboxylic acids is 1. The minimum absolute atomic E-state index is 0.0664. The molecule has 0 spiro atoms. The van der Waals surface area contributed by atoms with Gasteiger partial charge in [-0.2, -0.15) is 0 Å². The van der Waals surface area contributed by atoms with Crippen LogP contribution in [-0.4, -0.2) is 5.91 Å². The molecule has 0 bridgehead atoms. The highest BCUT2D eigenvalue weighted by atomic mass is 19.1. The van der Waals surface area contributed by atoms with Gasteiger partial charge in [-0.3, -0.25) is 4.79 Å². The average Bonchev–Trinajstić information content (AvgIpc) is 2.47. The Morgan fingerprint density at radius 2 is 1.95 bits per heavy atom. The van der Waals surface area contributed by atoms with Gasteiger partial charge in [0.05, 0.1) is 0 Å². The standard InChI is InChI=1S/C17H17FN2O/c18-14-10-16-12(6-7-17(21)20-16)9-13(14)15(19)8-11-4-2-1-3-5-11/h1-5,9-10,15H,6-8,19H2,(H,20,21). The van der Waals surface area contributed by atoms with E-state index in [9.17, 15) is 9.18 Å². The van der Waals surface area contributed by atoms with Crippen molar-refractivity contribution in [3.63, 3.8) is 0 Å². The number of nitrogens with one attached hydrogen (secondary N) is 1. The van der Waals surface area contributed by atoms with Crippen LogP contribution in [-0.2, 0) is 17.6 Å². The number of halogens is 1. The second-order valence-corrected chi connectivity index (χ2v) is 5.38. The third kappa shape index (κ3) is 2.95. The highest BCUT2D eigenvalue weighted by Crippen LogP contribution is 2.29. The van der Waals surface area contributed by atoms with Crippen LogP contribution < -0.4 is 11.1 Å². The second-order valence-electron chi connectivity index (χ2n) is 5.38. The molecule has 1 atom stereocenters. The number of nitrogens with two attached hydrogens (primary N) is 1. The molecule has 1 heterocycles. The van der Waals surface area contributed by atoms with E-state index in [1.54, 1.807) is 6.07 Å². The molecule has 3 nitrogen and oxygen atoms in total. The molecular weight excluding hydrogens is 267 g/mol. The Bertz CT molecular complexity index is 670. The first kappa shape index (κ1) is 13.8. The van der Waals surface area contributed by atoms with Crippen molar-refractivity contribution in [2.75, 3.05) is 5.32 Å². The SMILES string of the molecule is NC(Cc1ccccc1)c1cc2c(cc1F)NC(=O)CC2. The number of benzene rings is 2. The van der Waals surface area contributed by atoms with Crippen molar-refractivity contribution in [2.24, 2.45) is 5.73 Å². The van der Waals surface area contributed by atoms with E-state index in [0.29, 0.717) is 30.5 Å². The fraction of sp³-hybridized carbons (Fsp3) is 0.235. The van der Waals surface area contributed by atoms with Crippen molar-refractivity contribution in [1.82, 2.24) is 0 Å². The molecule has 2 aromatic rings. The van der Waals surface area contributed by atoms with Crippen LogP contribution in [0.15, 0.2) is 42.5 Å². The zero-order valence-corrected chi connectivity index (χ0v) is 11.6. The lowest BCUT2D eigenvalue weighted by Crippen LogP contribution is -2.21. The lowest BCUT2D eigenvalue weighted by molar-refractivity contribution is -0.116. The normalized spacial score (nSPS) is 15.2. The molecule has 108 valence electrons. The van der Waals surface area contributed by atoms with Crippen LogP contribution in [0.5, 0.6) is 0 Å². The Labute approximate surface area is 123 Å². The summed E-state index contributed by atoms with van der Waals surface area (Å²) in [6.07, 6.45) is 1.65. The van der Waals surface area contributed by atoms with Gasteiger partial charge in [0.15, 0.2) is 0 Å². The van der Waals surface area contributed by atoms with Crippen LogP contribution in [0.25, 0.3) is 0 Å². The number of anilines is 1. The number of aryl methyl sites for hydroxylation is 1. The summed E-state index contributed by atoms with van der Waals surface area (Å²) in [7, 11) is 0. The molecule has 1 unspecified atom stereocenters. The Morgan fingerprint density at radius 1 is 1.19 bits per heavy atom. The summed E-state index contributed by atoms with van der Waals surface area (Å²) < 4.78 is 14.2. The predicted molar refractivity (Wildman–Crippen MR) is 80.4 cm³/mol. The summed E-state index contributed by atoms with van der Waals surface area (Å²) in [6.45, 7) is 0. The van der Waals surface area contributed by atoms with E-state index in [2.05, 4.69) is 5.32 Å². The summed E-state index contributed by atoms with van der Waals surface area (Å²) in [4.78, 5) is 11.3. The van der Waals surface area contributed by atoms with E-state index in [1.165, 1.54) is 6.07 Å². The third-order valence-corrected chi connectivity index (χ3v) is 3.82.